The third kappa shape index (κ3) is 2.97. The van der Waals surface area contributed by atoms with Gasteiger partial charge >= 0.3 is 0 Å². The fraction of sp³-hybridized carbons (Fsp3) is 0.261. The second kappa shape index (κ2) is 6.82. The molecule has 0 N–H and O–H groups in total. The first kappa shape index (κ1) is 17.0. The Morgan fingerprint density at radius 3 is 2.46 bits per heavy atom. The van der Waals surface area contributed by atoms with Crippen LogP contribution in [-0.2, 0) is 6.54 Å². The van der Waals surface area contributed by atoms with Crippen LogP contribution in [0, 0.1) is 5.82 Å². The summed E-state index contributed by atoms with van der Waals surface area (Å²) in [5.74, 6) is 0.275. The predicted molar refractivity (Wildman–Crippen MR) is 108 cm³/mol. The fourth-order valence-electron chi connectivity index (χ4n) is 3.87. The zero-order valence-electron chi connectivity index (χ0n) is 15.8. The molecule has 1 saturated carbocycles. The molecule has 5 rings (SSSR count). The SMILES string of the molecule is CCCn1cc2c(C3CC3)c(-c3ccncc3)c(-c3ccc(F)cc3)nc2n1. The van der Waals surface area contributed by atoms with Crippen molar-refractivity contribution in [2.45, 2.75) is 38.6 Å². The van der Waals surface area contributed by atoms with Crippen molar-refractivity contribution in [3.63, 3.8) is 0 Å². The van der Waals surface area contributed by atoms with E-state index in [1.54, 1.807) is 12.1 Å². The molecule has 1 aliphatic carbocycles. The minimum atomic E-state index is -0.245. The van der Waals surface area contributed by atoms with Gasteiger partial charge in [0.1, 0.15) is 5.82 Å². The van der Waals surface area contributed by atoms with Gasteiger partial charge in [0.2, 0.25) is 0 Å². The van der Waals surface area contributed by atoms with Crippen molar-refractivity contribution in [2.24, 2.45) is 0 Å². The van der Waals surface area contributed by atoms with Gasteiger partial charge in [-0.3, -0.25) is 9.67 Å². The molecule has 0 radical (unpaired) electrons. The van der Waals surface area contributed by atoms with Crippen LogP contribution in [0.5, 0.6) is 0 Å². The summed E-state index contributed by atoms with van der Waals surface area (Å²) in [6.45, 7) is 3.02. The number of fused-ring (bicyclic) bond motifs is 1. The van der Waals surface area contributed by atoms with Crippen molar-refractivity contribution in [2.75, 3.05) is 0 Å². The van der Waals surface area contributed by atoms with Crippen LogP contribution in [0.1, 0.15) is 37.7 Å². The smallest absolute Gasteiger partial charge is 0.182 e. The van der Waals surface area contributed by atoms with E-state index in [2.05, 4.69) is 18.1 Å². The van der Waals surface area contributed by atoms with Crippen molar-refractivity contribution in [3.8, 4) is 22.4 Å². The first-order valence-corrected chi connectivity index (χ1v) is 9.82. The summed E-state index contributed by atoms with van der Waals surface area (Å²) >= 11 is 0. The Bertz CT molecular complexity index is 1130. The van der Waals surface area contributed by atoms with E-state index in [0.717, 1.165) is 46.4 Å². The van der Waals surface area contributed by atoms with Gasteiger partial charge in [0.05, 0.1) is 5.69 Å². The molecule has 0 atom stereocenters. The molecule has 28 heavy (non-hydrogen) atoms. The Balaban J connectivity index is 1.84. The van der Waals surface area contributed by atoms with E-state index in [4.69, 9.17) is 10.1 Å². The van der Waals surface area contributed by atoms with Crippen molar-refractivity contribution in [1.82, 2.24) is 19.7 Å². The summed E-state index contributed by atoms with van der Waals surface area (Å²) < 4.78 is 15.5. The van der Waals surface area contributed by atoms with Gasteiger partial charge in [-0.25, -0.2) is 9.37 Å². The molecule has 3 aromatic heterocycles. The number of hydrogen-bond donors (Lipinski definition) is 0. The highest BCUT2D eigenvalue weighted by molar-refractivity contribution is 5.95. The molecule has 0 amide bonds. The number of halogens is 1. The molecular weight excluding hydrogens is 351 g/mol. The second-order valence-corrected chi connectivity index (χ2v) is 7.40. The highest BCUT2D eigenvalue weighted by Crippen LogP contribution is 2.49. The lowest BCUT2D eigenvalue weighted by molar-refractivity contribution is 0.607. The standard InChI is InChI=1S/C23H21FN4/c1-2-13-28-14-19-20(15-3-4-15)21(16-9-11-25-12-10-16)22(26-23(19)27-28)17-5-7-18(24)8-6-17/h5-12,14-15H,2-4,13H2,1H3. The quantitative estimate of drug-likeness (QED) is 0.459. The van der Waals surface area contributed by atoms with Gasteiger partial charge in [-0.1, -0.05) is 6.92 Å². The van der Waals surface area contributed by atoms with Crippen molar-refractivity contribution in [1.29, 1.82) is 0 Å². The van der Waals surface area contributed by atoms with Crippen LogP contribution in [0.2, 0.25) is 0 Å². The third-order valence-corrected chi connectivity index (χ3v) is 5.28. The molecule has 1 aromatic carbocycles. The summed E-state index contributed by atoms with van der Waals surface area (Å²) in [5, 5.41) is 5.86. The lowest BCUT2D eigenvalue weighted by atomic mass is 9.91. The van der Waals surface area contributed by atoms with Gasteiger partial charge in [-0.05, 0) is 72.7 Å². The number of hydrogen-bond acceptors (Lipinski definition) is 3. The minimum absolute atomic E-state index is 0.245. The van der Waals surface area contributed by atoms with Crippen LogP contribution in [-0.4, -0.2) is 19.7 Å². The van der Waals surface area contributed by atoms with Gasteiger partial charge < -0.3 is 0 Å². The van der Waals surface area contributed by atoms with Crippen LogP contribution in [0.25, 0.3) is 33.4 Å². The zero-order valence-corrected chi connectivity index (χ0v) is 15.8. The summed E-state index contributed by atoms with van der Waals surface area (Å²) in [4.78, 5) is 9.13. The number of nitrogens with zero attached hydrogens (tertiary/aromatic N) is 4. The zero-order chi connectivity index (χ0) is 19.1. The largest absolute Gasteiger partial charge is 0.270 e. The average molecular weight is 372 g/mol. The molecule has 5 heteroatoms. The Hall–Kier alpha value is -3.08. The van der Waals surface area contributed by atoms with Crippen LogP contribution in [0.3, 0.4) is 0 Å². The summed E-state index contributed by atoms with van der Waals surface area (Å²) in [6, 6.07) is 10.6. The van der Waals surface area contributed by atoms with Gasteiger partial charge in [0, 0.05) is 41.6 Å². The monoisotopic (exact) mass is 372 g/mol. The molecule has 1 fully saturated rings. The second-order valence-electron chi connectivity index (χ2n) is 7.40. The van der Waals surface area contributed by atoms with Gasteiger partial charge in [-0.2, -0.15) is 5.10 Å². The number of pyridine rings is 2. The first-order chi connectivity index (χ1) is 13.7. The molecule has 0 bridgehead atoms. The fourth-order valence-corrected chi connectivity index (χ4v) is 3.87. The van der Waals surface area contributed by atoms with Crippen molar-refractivity contribution < 1.29 is 4.39 Å². The van der Waals surface area contributed by atoms with Gasteiger partial charge in [0.15, 0.2) is 5.65 Å². The molecule has 3 heterocycles. The van der Waals surface area contributed by atoms with E-state index < -0.39 is 0 Å². The van der Waals surface area contributed by atoms with E-state index in [9.17, 15) is 4.39 Å². The molecule has 0 saturated heterocycles. The minimum Gasteiger partial charge on any atom is -0.270 e. The van der Waals surface area contributed by atoms with Crippen LogP contribution in [0.15, 0.2) is 55.0 Å². The number of benzene rings is 1. The molecular formula is C23H21FN4. The Morgan fingerprint density at radius 2 is 1.79 bits per heavy atom. The molecule has 0 aliphatic heterocycles. The summed E-state index contributed by atoms with van der Waals surface area (Å²) in [6.07, 6.45) is 9.14. The maximum atomic E-state index is 13.5. The number of rotatable bonds is 5. The molecule has 0 unspecified atom stereocenters. The number of aromatic nitrogens is 4. The van der Waals surface area contributed by atoms with E-state index in [-0.39, 0.29) is 5.82 Å². The molecule has 4 nitrogen and oxygen atoms in total. The van der Waals surface area contributed by atoms with Crippen LogP contribution >= 0.6 is 0 Å². The Kier molecular flexibility index (Phi) is 4.15. The van der Waals surface area contributed by atoms with Gasteiger partial charge in [-0.15, -0.1) is 0 Å². The predicted octanol–water partition coefficient (Wildman–Crippen LogP) is 5.59. The van der Waals surface area contributed by atoms with Crippen molar-refractivity contribution >= 4 is 11.0 Å². The van der Waals surface area contributed by atoms with Crippen LogP contribution in [0.4, 0.5) is 4.39 Å². The summed E-state index contributed by atoms with van der Waals surface area (Å²) in [5.41, 5.74) is 6.07. The Labute approximate surface area is 163 Å². The van der Waals surface area contributed by atoms with Crippen LogP contribution < -0.4 is 0 Å². The molecule has 1 aliphatic rings. The maximum Gasteiger partial charge on any atom is 0.182 e. The van der Waals surface area contributed by atoms with Crippen molar-refractivity contribution in [3.05, 3.63) is 66.4 Å². The summed E-state index contributed by atoms with van der Waals surface area (Å²) in [7, 11) is 0. The highest BCUT2D eigenvalue weighted by atomic mass is 19.1. The lowest BCUT2D eigenvalue weighted by Gasteiger charge is -2.15. The van der Waals surface area contributed by atoms with Gasteiger partial charge in [0.25, 0.3) is 0 Å². The lowest BCUT2D eigenvalue weighted by Crippen LogP contribution is -1.98. The Morgan fingerprint density at radius 1 is 1.04 bits per heavy atom. The van der Waals surface area contributed by atoms with E-state index in [0.29, 0.717) is 5.92 Å². The van der Waals surface area contributed by atoms with E-state index >= 15 is 0 Å². The molecule has 4 aromatic rings. The maximum absolute atomic E-state index is 13.5. The normalized spacial score (nSPS) is 13.9. The highest BCUT2D eigenvalue weighted by Gasteiger charge is 2.32. The van der Waals surface area contributed by atoms with E-state index in [1.807, 2.05) is 29.2 Å². The molecule has 140 valence electrons. The topological polar surface area (TPSA) is 43.6 Å². The average Bonchev–Trinajstić information content (AvgIpc) is 3.48. The number of aryl methyl sites for hydroxylation is 1. The third-order valence-electron chi connectivity index (χ3n) is 5.28. The molecule has 0 spiro atoms. The van der Waals surface area contributed by atoms with E-state index in [1.165, 1.54) is 30.5 Å². The first-order valence-electron chi connectivity index (χ1n) is 9.82.